The lowest BCUT2D eigenvalue weighted by Crippen LogP contribution is -2.15. The van der Waals surface area contributed by atoms with Crippen LogP contribution in [0.3, 0.4) is 0 Å². The second kappa shape index (κ2) is 8.65. The first kappa shape index (κ1) is 20.7. The fraction of sp³-hybridized carbons (Fsp3) is 0.182. The Morgan fingerprint density at radius 1 is 1.16 bits per heavy atom. The maximum Gasteiger partial charge on any atom is 0.262 e. The van der Waals surface area contributed by atoms with Crippen LogP contribution in [0.4, 0.5) is 5.69 Å². The van der Waals surface area contributed by atoms with E-state index in [1.165, 1.54) is 11.8 Å². The summed E-state index contributed by atoms with van der Waals surface area (Å²) in [7, 11) is 1.58. The van der Waals surface area contributed by atoms with E-state index in [2.05, 4.69) is 20.4 Å². The van der Waals surface area contributed by atoms with E-state index in [1.807, 2.05) is 32.0 Å². The van der Waals surface area contributed by atoms with Crippen LogP contribution in [0.1, 0.15) is 11.1 Å². The number of nitrogens with zero attached hydrogens (tertiary/aromatic N) is 3. The summed E-state index contributed by atoms with van der Waals surface area (Å²) in [5.41, 5.74) is 3.93. The average Bonchev–Trinajstić information content (AvgIpc) is 3.19. The SMILES string of the molecule is COc1ccc(NC(=O)CSc2nc3c(cnn3-c3ccc(C)c(C)c3)c(=O)[nH]2)cc1. The minimum atomic E-state index is -0.293. The van der Waals surface area contributed by atoms with Gasteiger partial charge in [-0.3, -0.25) is 9.59 Å². The molecule has 0 saturated heterocycles. The molecule has 2 heterocycles. The van der Waals surface area contributed by atoms with Crippen molar-refractivity contribution in [3.63, 3.8) is 0 Å². The highest BCUT2D eigenvalue weighted by atomic mass is 32.2. The molecule has 0 saturated carbocycles. The molecule has 31 heavy (non-hydrogen) atoms. The predicted molar refractivity (Wildman–Crippen MR) is 121 cm³/mol. The molecule has 2 aromatic heterocycles. The number of carbonyl (C=O) groups excluding carboxylic acids is 1. The van der Waals surface area contributed by atoms with Gasteiger partial charge in [-0.05, 0) is 61.4 Å². The van der Waals surface area contributed by atoms with E-state index >= 15 is 0 Å². The maximum atomic E-state index is 12.5. The van der Waals surface area contributed by atoms with Gasteiger partial charge in [0.05, 0.1) is 24.7 Å². The number of carbonyl (C=O) groups is 1. The number of nitrogens with one attached hydrogen (secondary N) is 2. The number of amides is 1. The van der Waals surface area contributed by atoms with Crippen LogP contribution in [0.15, 0.2) is 58.6 Å². The van der Waals surface area contributed by atoms with Crippen molar-refractivity contribution in [3.05, 3.63) is 70.1 Å². The second-order valence-corrected chi connectivity index (χ2v) is 7.96. The smallest absolute Gasteiger partial charge is 0.262 e. The molecule has 2 N–H and O–H groups in total. The Morgan fingerprint density at radius 2 is 1.94 bits per heavy atom. The molecule has 2 aromatic carbocycles. The summed E-state index contributed by atoms with van der Waals surface area (Å²) in [5, 5.41) is 7.89. The third kappa shape index (κ3) is 4.46. The Bertz CT molecular complexity index is 1310. The van der Waals surface area contributed by atoms with Crippen LogP contribution >= 0.6 is 11.8 Å². The monoisotopic (exact) mass is 435 g/mol. The number of ether oxygens (including phenoxy) is 1. The Kier molecular flexibility index (Phi) is 5.77. The number of aromatic nitrogens is 4. The van der Waals surface area contributed by atoms with E-state index in [1.54, 1.807) is 36.1 Å². The molecule has 0 bridgehead atoms. The Morgan fingerprint density at radius 3 is 2.65 bits per heavy atom. The van der Waals surface area contributed by atoms with Crippen molar-refractivity contribution in [2.24, 2.45) is 0 Å². The van der Waals surface area contributed by atoms with Gasteiger partial charge in [-0.2, -0.15) is 5.10 Å². The quantitative estimate of drug-likeness (QED) is 0.355. The second-order valence-electron chi connectivity index (χ2n) is 7.00. The number of H-pyrrole nitrogens is 1. The number of aryl methyl sites for hydroxylation is 2. The average molecular weight is 436 g/mol. The number of hydrogen-bond acceptors (Lipinski definition) is 6. The van der Waals surface area contributed by atoms with E-state index < -0.39 is 0 Å². The van der Waals surface area contributed by atoms with Crippen molar-refractivity contribution in [1.29, 1.82) is 0 Å². The fourth-order valence-electron chi connectivity index (χ4n) is 3.02. The summed E-state index contributed by atoms with van der Waals surface area (Å²) >= 11 is 1.15. The summed E-state index contributed by atoms with van der Waals surface area (Å²) in [6.45, 7) is 4.06. The van der Waals surface area contributed by atoms with Crippen LogP contribution in [0.5, 0.6) is 5.75 Å². The molecule has 0 atom stereocenters. The Hall–Kier alpha value is -3.59. The van der Waals surface area contributed by atoms with Gasteiger partial charge in [0.2, 0.25) is 5.91 Å². The van der Waals surface area contributed by atoms with Gasteiger partial charge in [0.15, 0.2) is 10.8 Å². The van der Waals surface area contributed by atoms with Crippen molar-refractivity contribution in [3.8, 4) is 11.4 Å². The highest BCUT2D eigenvalue weighted by Gasteiger charge is 2.13. The molecule has 0 aliphatic carbocycles. The van der Waals surface area contributed by atoms with Gasteiger partial charge in [-0.15, -0.1) is 0 Å². The molecule has 0 spiro atoms. The first-order valence-electron chi connectivity index (χ1n) is 9.57. The zero-order valence-corrected chi connectivity index (χ0v) is 18.1. The molecule has 0 aliphatic rings. The maximum absolute atomic E-state index is 12.5. The first-order valence-corrected chi connectivity index (χ1v) is 10.6. The molecule has 158 valence electrons. The van der Waals surface area contributed by atoms with E-state index in [9.17, 15) is 9.59 Å². The topological polar surface area (TPSA) is 102 Å². The molecule has 0 aliphatic heterocycles. The molecule has 9 heteroatoms. The van der Waals surface area contributed by atoms with Gasteiger partial charge in [-0.25, -0.2) is 9.67 Å². The lowest BCUT2D eigenvalue weighted by atomic mass is 10.1. The first-order chi connectivity index (χ1) is 14.9. The van der Waals surface area contributed by atoms with Gasteiger partial charge >= 0.3 is 0 Å². The van der Waals surface area contributed by atoms with Crippen LogP contribution in [-0.4, -0.2) is 38.5 Å². The molecular formula is C22H21N5O3S. The van der Waals surface area contributed by atoms with Gasteiger partial charge in [0.25, 0.3) is 5.56 Å². The summed E-state index contributed by atoms with van der Waals surface area (Å²) in [4.78, 5) is 32.0. The number of aromatic amines is 1. The van der Waals surface area contributed by atoms with Gasteiger partial charge in [0.1, 0.15) is 11.1 Å². The van der Waals surface area contributed by atoms with Crippen LogP contribution in [0, 0.1) is 13.8 Å². The number of thioether (sulfide) groups is 1. The third-order valence-electron chi connectivity index (χ3n) is 4.87. The van der Waals surface area contributed by atoms with Gasteiger partial charge in [0, 0.05) is 5.69 Å². The number of fused-ring (bicyclic) bond motifs is 1. The molecule has 8 nitrogen and oxygen atoms in total. The van der Waals surface area contributed by atoms with Gasteiger partial charge in [-0.1, -0.05) is 17.8 Å². The van der Waals surface area contributed by atoms with Crippen molar-refractivity contribution in [2.75, 3.05) is 18.2 Å². The van der Waals surface area contributed by atoms with Crippen molar-refractivity contribution < 1.29 is 9.53 Å². The number of methoxy groups -OCH3 is 1. The van der Waals surface area contributed by atoms with Crippen LogP contribution < -0.4 is 15.6 Å². The zero-order chi connectivity index (χ0) is 22.0. The molecular weight excluding hydrogens is 414 g/mol. The van der Waals surface area contributed by atoms with Crippen LogP contribution in [0.25, 0.3) is 16.7 Å². The minimum Gasteiger partial charge on any atom is -0.497 e. The third-order valence-corrected chi connectivity index (χ3v) is 5.74. The van der Waals surface area contributed by atoms with Crippen LogP contribution in [-0.2, 0) is 4.79 Å². The minimum absolute atomic E-state index is 0.0955. The summed E-state index contributed by atoms with van der Waals surface area (Å²) < 4.78 is 6.74. The van der Waals surface area contributed by atoms with E-state index in [4.69, 9.17) is 4.74 Å². The largest absolute Gasteiger partial charge is 0.497 e. The number of hydrogen-bond donors (Lipinski definition) is 2. The summed E-state index contributed by atoms with van der Waals surface area (Å²) in [5.74, 6) is 0.599. The Balaban J connectivity index is 1.53. The standard InChI is InChI=1S/C22H21N5O3S/c1-13-4-7-16(10-14(13)2)27-20-18(11-23-27)21(29)26-22(25-20)31-12-19(28)24-15-5-8-17(30-3)9-6-15/h4-11H,12H2,1-3H3,(H,24,28)(H,25,26,29). The predicted octanol–water partition coefficient (Wildman–Crippen LogP) is 3.47. The van der Waals surface area contributed by atoms with E-state index in [-0.39, 0.29) is 17.2 Å². The molecule has 0 fully saturated rings. The number of benzene rings is 2. The van der Waals surface area contributed by atoms with Crippen molar-refractivity contribution in [2.45, 2.75) is 19.0 Å². The lowest BCUT2D eigenvalue weighted by molar-refractivity contribution is -0.113. The number of anilines is 1. The fourth-order valence-corrected chi connectivity index (χ4v) is 3.67. The van der Waals surface area contributed by atoms with Gasteiger partial charge < -0.3 is 15.0 Å². The normalized spacial score (nSPS) is 10.9. The van der Waals surface area contributed by atoms with Crippen molar-refractivity contribution >= 4 is 34.4 Å². The molecule has 0 radical (unpaired) electrons. The summed E-state index contributed by atoms with van der Waals surface area (Å²) in [6, 6.07) is 13.0. The summed E-state index contributed by atoms with van der Waals surface area (Å²) in [6.07, 6.45) is 1.50. The zero-order valence-electron chi connectivity index (χ0n) is 17.3. The molecule has 1 amide bonds. The number of rotatable bonds is 6. The highest BCUT2D eigenvalue weighted by Crippen LogP contribution is 2.20. The molecule has 4 aromatic rings. The van der Waals surface area contributed by atoms with Crippen LogP contribution in [0.2, 0.25) is 0 Å². The lowest BCUT2D eigenvalue weighted by Gasteiger charge is -2.08. The van der Waals surface area contributed by atoms with E-state index in [0.717, 1.165) is 23.0 Å². The molecule has 4 rings (SSSR count). The Labute approximate surface area is 182 Å². The highest BCUT2D eigenvalue weighted by molar-refractivity contribution is 7.99. The van der Waals surface area contributed by atoms with E-state index in [0.29, 0.717) is 27.6 Å². The molecule has 0 unspecified atom stereocenters. The van der Waals surface area contributed by atoms with Crippen molar-refractivity contribution in [1.82, 2.24) is 19.7 Å².